The van der Waals surface area contributed by atoms with Crippen molar-refractivity contribution >= 4 is 5.91 Å². The maximum absolute atomic E-state index is 12.1. The minimum Gasteiger partial charge on any atom is -0.378 e. The monoisotopic (exact) mass is 280 g/mol. The molecule has 2 aliphatic heterocycles. The topological polar surface area (TPSA) is 50.4 Å². The molecule has 0 aromatic carbocycles. The Morgan fingerprint density at radius 2 is 2.05 bits per heavy atom. The zero-order chi connectivity index (χ0) is 13.8. The number of carbonyl (C=O) groups excluding carboxylic acids is 1. The number of hydrogen-bond acceptors (Lipinski definition) is 3. The van der Waals surface area contributed by atoms with Gasteiger partial charge in [0.25, 0.3) is 0 Å². The van der Waals surface area contributed by atoms with Crippen LogP contribution in [0.15, 0.2) is 0 Å². The summed E-state index contributed by atoms with van der Waals surface area (Å²) in [5.41, 5.74) is 0. The predicted molar refractivity (Wildman–Crippen MR) is 78.5 cm³/mol. The second-order valence-electron chi connectivity index (χ2n) is 6.78. The minimum atomic E-state index is 0.230. The molecule has 1 amide bonds. The molecule has 0 aromatic heterocycles. The van der Waals surface area contributed by atoms with Crippen LogP contribution in [0, 0.1) is 11.8 Å². The Labute approximate surface area is 122 Å². The van der Waals surface area contributed by atoms with Crippen molar-refractivity contribution in [3.63, 3.8) is 0 Å². The third kappa shape index (κ3) is 3.73. The summed E-state index contributed by atoms with van der Waals surface area (Å²) in [5.74, 6) is 1.88. The fourth-order valence-corrected chi connectivity index (χ4v) is 4.06. The zero-order valence-electron chi connectivity index (χ0n) is 12.4. The first-order valence-corrected chi connectivity index (χ1v) is 8.43. The summed E-state index contributed by atoms with van der Waals surface area (Å²) in [7, 11) is 0. The number of hydrogen-bond donors (Lipinski definition) is 2. The van der Waals surface area contributed by atoms with Crippen molar-refractivity contribution in [1.82, 2.24) is 10.6 Å². The summed E-state index contributed by atoms with van der Waals surface area (Å²) in [6.45, 7) is 3.21. The van der Waals surface area contributed by atoms with Crippen LogP contribution in [-0.4, -0.2) is 37.7 Å². The molecule has 4 nitrogen and oxygen atoms in total. The lowest BCUT2D eigenvalue weighted by molar-refractivity contribution is -0.123. The molecule has 0 spiro atoms. The molecular formula is C16H28N2O2. The first-order valence-electron chi connectivity index (χ1n) is 8.43. The summed E-state index contributed by atoms with van der Waals surface area (Å²) in [6.07, 6.45) is 9.02. The highest BCUT2D eigenvalue weighted by molar-refractivity contribution is 5.76. The van der Waals surface area contributed by atoms with Gasteiger partial charge in [-0.05, 0) is 69.9 Å². The molecule has 0 aromatic rings. The lowest BCUT2D eigenvalue weighted by atomic mass is 9.79. The third-order valence-corrected chi connectivity index (χ3v) is 5.29. The summed E-state index contributed by atoms with van der Waals surface area (Å²) in [5, 5.41) is 6.73. The van der Waals surface area contributed by atoms with Crippen LogP contribution in [0.2, 0.25) is 0 Å². The summed E-state index contributed by atoms with van der Waals surface area (Å²) < 4.78 is 5.69. The van der Waals surface area contributed by atoms with Gasteiger partial charge in [-0.15, -0.1) is 0 Å². The molecule has 3 rings (SSSR count). The maximum Gasteiger partial charge on any atom is 0.220 e. The number of nitrogens with one attached hydrogen (secondary N) is 2. The quantitative estimate of drug-likeness (QED) is 0.826. The summed E-state index contributed by atoms with van der Waals surface area (Å²) >= 11 is 0. The number of fused-ring (bicyclic) bond motifs is 1. The van der Waals surface area contributed by atoms with Gasteiger partial charge in [0.2, 0.25) is 5.91 Å². The minimum absolute atomic E-state index is 0.230. The first-order chi connectivity index (χ1) is 9.81. The van der Waals surface area contributed by atoms with Crippen molar-refractivity contribution in [3.8, 4) is 0 Å². The Morgan fingerprint density at radius 3 is 2.90 bits per heavy atom. The number of ether oxygens (including phenoxy) is 1. The van der Waals surface area contributed by atoms with E-state index in [0.717, 1.165) is 44.2 Å². The highest BCUT2D eigenvalue weighted by Crippen LogP contribution is 2.32. The number of amides is 1. The largest absolute Gasteiger partial charge is 0.378 e. The standard InChI is InChI=1S/C16H28N2O2/c19-16(7-6-15-3-1-2-8-20-15)18-14-5-4-12-10-17-11-13(12)9-14/h12-15,17H,1-11H2,(H,18,19)/t12-,13+,14?,15?/m0/s1. The number of rotatable bonds is 4. The van der Waals surface area contributed by atoms with Gasteiger partial charge in [-0.25, -0.2) is 0 Å². The molecule has 2 heterocycles. The molecule has 1 aliphatic carbocycles. The molecule has 2 saturated heterocycles. The van der Waals surface area contributed by atoms with E-state index in [0.29, 0.717) is 18.6 Å². The number of carbonyl (C=O) groups is 1. The smallest absolute Gasteiger partial charge is 0.220 e. The Hall–Kier alpha value is -0.610. The Balaban J connectivity index is 1.36. The maximum atomic E-state index is 12.1. The molecule has 0 radical (unpaired) electrons. The second kappa shape index (κ2) is 6.90. The summed E-state index contributed by atoms with van der Waals surface area (Å²) in [6, 6.07) is 0.413. The van der Waals surface area contributed by atoms with Crippen molar-refractivity contribution in [2.75, 3.05) is 19.7 Å². The summed E-state index contributed by atoms with van der Waals surface area (Å²) in [4.78, 5) is 12.1. The molecular weight excluding hydrogens is 252 g/mol. The van der Waals surface area contributed by atoms with Crippen LogP contribution in [0.25, 0.3) is 0 Å². The first kappa shape index (κ1) is 14.3. The van der Waals surface area contributed by atoms with Gasteiger partial charge in [-0.1, -0.05) is 0 Å². The van der Waals surface area contributed by atoms with E-state index in [1.165, 1.54) is 32.2 Å². The highest BCUT2D eigenvalue weighted by atomic mass is 16.5. The van der Waals surface area contributed by atoms with Crippen molar-refractivity contribution in [2.45, 2.75) is 63.5 Å². The van der Waals surface area contributed by atoms with Crippen molar-refractivity contribution < 1.29 is 9.53 Å². The fourth-order valence-electron chi connectivity index (χ4n) is 4.06. The van der Waals surface area contributed by atoms with Crippen LogP contribution in [-0.2, 0) is 9.53 Å². The molecule has 1 saturated carbocycles. The van der Waals surface area contributed by atoms with Crippen LogP contribution in [0.5, 0.6) is 0 Å². The van der Waals surface area contributed by atoms with Crippen LogP contribution >= 0.6 is 0 Å². The van der Waals surface area contributed by atoms with Gasteiger partial charge in [0.05, 0.1) is 6.10 Å². The predicted octanol–water partition coefficient (Wildman–Crippen LogP) is 1.84. The van der Waals surface area contributed by atoms with E-state index in [-0.39, 0.29) is 5.91 Å². The van der Waals surface area contributed by atoms with E-state index in [9.17, 15) is 4.79 Å². The lowest BCUT2D eigenvalue weighted by Gasteiger charge is -2.31. The third-order valence-electron chi connectivity index (χ3n) is 5.29. The van der Waals surface area contributed by atoms with E-state index in [2.05, 4.69) is 10.6 Å². The molecule has 4 atom stereocenters. The van der Waals surface area contributed by atoms with Crippen molar-refractivity contribution in [3.05, 3.63) is 0 Å². The van der Waals surface area contributed by atoms with Gasteiger partial charge in [-0.3, -0.25) is 4.79 Å². The zero-order valence-corrected chi connectivity index (χ0v) is 12.4. The molecule has 114 valence electrons. The van der Waals surface area contributed by atoms with Crippen molar-refractivity contribution in [2.24, 2.45) is 11.8 Å². The van der Waals surface area contributed by atoms with E-state index >= 15 is 0 Å². The van der Waals surface area contributed by atoms with Gasteiger partial charge < -0.3 is 15.4 Å². The molecule has 0 bridgehead atoms. The van der Waals surface area contributed by atoms with Crippen LogP contribution in [0.1, 0.15) is 51.4 Å². The molecule has 4 heteroatoms. The molecule has 2 unspecified atom stereocenters. The Bertz CT molecular complexity index is 328. The van der Waals surface area contributed by atoms with Gasteiger partial charge >= 0.3 is 0 Å². The van der Waals surface area contributed by atoms with E-state index in [1.807, 2.05) is 0 Å². The van der Waals surface area contributed by atoms with E-state index in [4.69, 9.17) is 4.74 Å². The van der Waals surface area contributed by atoms with Gasteiger partial charge in [0.1, 0.15) is 0 Å². The highest BCUT2D eigenvalue weighted by Gasteiger charge is 2.34. The molecule has 2 N–H and O–H groups in total. The van der Waals surface area contributed by atoms with Crippen LogP contribution < -0.4 is 10.6 Å². The average molecular weight is 280 g/mol. The van der Waals surface area contributed by atoms with Crippen molar-refractivity contribution in [1.29, 1.82) is 0 Å². The second-order valence-corrected chi connectivity index (χ2v) is 6.78. The average Bonchev–Trinajstić information content (AvgIpc) is 2.94. The molecule has 3 fully saturated rings. The normalized spacial score (nSPS) is 37.4. The van der Waals surface area contributed by atoms with Gasteiger partial charge in [-0.2, -0.15) is 0 Å². The molecule has 20 heavy (non-hydrogen) atoms. The van der Waals surface area contributed by atoms with Crippen LogP contribution in [0.3, 0.4) is 0 Å². The van der Waals surface area contributed by atoms with Gasteiger partial charge in [0, 0.05) is 19.1 Å². The lowest BCUT2D eigenvalue weighted by Crippen LogP contribution is -2.40. The SMILES string of the molecule is O=C(CCC1CCCCO1)NC1CC[C@H]2CNC[C@H]2C1. The Kier molecular flexibility index (Phi) is 4.94. The van der Waals surface area contributed by atoms with E-state index in [1.54, 1.807) is 0 Å². The Morgan fingerprint density at radius 1 is 1.15 bits per heavy atom. The van der Waals surface area contributed by atoms with Gasteiger partial charge in [0.15, 0.2) is 0 Å². The fraction of sp³-hybridized carbons (Fsp3) is 0.938. The van der Waals surface area contributed by atoms with Crippen LogP contribution in [0.4, 0.5) is 0 Å². The van der Waals surface area contributed by atoms with E-state index < -0.39 is 0 Å². The molecule has 3 aliphatic rings.